The van der Waals surface area contributed by atoms with E-state index in [1.54, 1.807) is 24.0 Å². The fraction of sp³-hybridized carbons (Fsp3) is 0.640. The maximum atomic E-state index is 13.4. The van der Waals surface area contributed by atoms with Gasteiger partial charge < -0.3 is 15.3 Å². The molecule has 0 radical (unpaired) electrons. The molecule has 1 saturated heterocycles. The third-order valence-electron chi connectivity index (χ3n) is 7.05. The molecule has 1 aliphatic heterocycles. The molecule has 0 spiro atoms. The topological polar surface area (TPSA) is 133 Å². The summed E-state index contributed by atoms with van der Waals surface area (Å²) < 4.78 is 28.5. The van der Waals surface area contributed by atoms with Crippen LogP contribution in [0.2, 0.25) is 0 Å². The van der Waals surface area contributed by atoms with E-state index in [0.29, 0.717) is 38.8 Å². The number of carbonyl (C=O) groups excluding carboxylic acids is 2. The number of rotatable bonds is 11. The van der Waals surface area contributed by atoms with Crippen LogP contribution in [0.4, 0.5) is 0 Å². The van der Waals surface area contributed by atoms with E-state index in [2.05, 4.69) is 10.0 Å². The third-order valence-corrected chi connectivity index (χ3v) is 8.50. The maximum Gasteiger partial charge on any atom is 0.326 e. The molecule has 1 aromatic carbocycles. The Morgan fingerprint density at radius 3 is 2.00 bits per heavy atom. The van der Waals surface area contributed by atoms with Crippen LogP contribution in [0.15, 0.2) is 29.2 Å². The monoisotopic (exact) mass is 509 g/mol. The molecule has 1 aromatic rings. The highest BCUT2D eigenvalue weighted by Crippen LogP contribution is 2.22. The first-order valence-electron chi connectivity index (χ1n) is 12.3. The summed E-state index contributed by atoms with van der Waals surface area (Å²) in [6.45, 7) is 9.86. The molecule has 4 atom stereocenters. The van der Waals surface area contributed by atoms with Gasteiger partial charge in [-0.1, -0.05) is 58.2 Å². The van der Waals surface area contributed by atoms with Gasteiger partial charge in [-0.3, -0.25) is 9.59 Å². The van der Waals surface area contributed by atoms with Gasteiger partial charge in [-0.15, -0.1) is 0 Å². The zero-order valence-corrected chi connectivity index (χ0v) is 22.1. The van der Waals surface area contributed by atoms with Gasteiger partial charge in [0.05, 0.1) is 4.90 Å². The number of carbonyl (C=O) groups is 3. The number of amides is 2. The second-order valence-corrected chi connectivity index (χ2v) is 11.3. The Labute approximate surface area is 208 Å². The van der Waals surface area contributed by atoms with Gasteiger partial charge in [-0.2, -0.15) is 4.72 Å². The fourth-order valence-corrected chi connectivity index (χ4v) is 5.41. The van der Waals surface area contributed by atoms with Gasteiger partial charge in [-0.05, 0) is 43.7 Å². The van der Waals surface area contributed by atoms with Crippen LogP contribution in [0.5, 0.6) is 0 Å². The molecular formula is C25H39N3O6S. The van der Waals surface area contributed by atoms with Crippen LogP contribution >= 0.6 is 0 Å². The molecule has 9 nitrogen and oxygen atoms in total. The lowest BCUT2D eigenvalue weighted by atomic mass is 9.92. The summed E-state index contributed by atoms with van der Waals surface area (Å²) in [5.74, 6) is -2.50. The molecule has 2 rings (SSSR count). The Balaban J connectivity index is 2.06. The molecule has 35 heavy (non-hydrogen) atoms. The summed E-state index contributed by atoms with van der Waals surface area (Å²) >= 11 is 0. The Morgan fingerprint density at radius 1 is 1.00 bits per heavy atom. The summed E-state index contributed by atoms with van der Waals surface area (Å²) in [4.78, 5) is 39.3. The summed E-state index contributed by atoms with van der Waals surface area (Å²) in [6.07, 6.45) is 2.02. The predicted molar refractivity (Wildman–Crippen MR) is 133 cm³/mol. The summed E-state index contributed by atoms with van der Waals surface area (Å²) in [7, 11) is -3.89. The van der Waals surface area contributed by atoms with Gasteiger partial charge in [0, 0.05) is 19.0 Å². The number of hydrogen-bond acceptors (Lipinski definition) is 5. The molecule has 0 bridgehead atoms. The summed E-state index contributed by atoms with van der Waals surface area (Å²) in [6, 6.07) is 4.59. The molecule has 1 fully saturated rings. The van der Waals surface area contributed by atoms with Crippen molar-refractivity contribution in [3.8, 4) is 0 Å². The van der Waals surface area contributed by atoms with Crippen molar-refractivity contribution in [3.05, 3.63) is 29.8 Å². The number of aryl methyl sites for hydroxylation is 1. The number of nitrogens with one attached hydrogen (secondary N) is 2. The van der Waals surface area contributed by atoms with Crippen molar-refractivity contribution < 1.29 is 27.9 Å². The number of benzene rings is 1. The van der Waals surface area contributed by atoms with Crippen LogP contribution in [0.25, 0.3) is 0 Å². The Morgan fingerprint density at radius 2 is 1.51 bits per heavy atom. The lowest BCUT2D eigenvalue weighted by Crippen LogP contribution is -2.54. The molecule has 2 amide bonds. The van der Waals surface area contributed by atoms with Crippen molar-refractivity contribution in [2.75, 3.05) is 13.1 Å². The van der Waals surface area contributed by atoms with Crippen LogP contribution in [0.3, 0.4) is 0 Å². The molecule has 0 saturated carbocycles. The number of sulfonamides is 1. The minimum absolute atomic E-state index is 0.105. The maximum absolute atomic E-state index is 13.4. The molecule has 0 unspecified atom stereocenters. The van der Waals surface area contributed by atoms with Crippen molar-refractivity contribution >= 4 is 27.8 Å². The minimum Gasteiger partial charge on any atom is -0.480 e. The Hall–Kier alpha value is -2.46. The van der Waals surface area contributed by atoms with E-state index in [4.69, 9.17) is 0 Å². The summed E-state index contributed by atoms with van der Waals surface area (Å²) in [5.41, 5.74) is 0.934. The lowest BCUT2D eigenvalue weighted by molar-refractivity contribution is -0.144. The SMILES string of the molecule is CC[C@@H](C)[C@H](NC(=O)C1CCN(C(=O)[C@@H](NS(=O)(=O)c2ccc(C)cc2)[C@H](C)CC)CC1)C(=O)O. The third kappa shape index (κ3) is 7.51. The molecule has 0 aliphatic carbocycles. The van der Waals surface area contributed by atoms with Crippen molar-refractivity contribution in [2.24, 2.45) is 17.8 Å². The largest absolute Gasteiger partial charge is 0.480 e. The molecular weight excluding hydrogens is 470 g/mol. The van der Waals surface area contributed by atoms with Crippen molar-refractivity contribution in [2.45, 2.75) is 77.3 Å². The van der Waals surface area contributed by atoms with Crippen LogP contribution in [0.1, 0.15) is 58.9 Å². The van der Waals surface area contributed by atoms with Crippen molar-refractivity contribution in [1.29, 1.82) is 0 Å². The zero-order valence-electron chi connectivity index (χ0n) is 21.3. The van der Waals surface area contributed by atoms with E-state index in [1.807, 2.05) is 27.7 Å². The zero-order chi connectivity index (χ0) is 26.3. The van der Waals surface area contributed by atoms with Gasteiger partial charge in [0.15, 0.2) is 0 Å². The highest BCUT2D eigenvalue weighted by Gasteiger charge is 2.36. The van der Waals surface area contributed by atoms with Gasteiger partial charge in [0.1, 0.15) is 12.1 Å². The molecule has 1 heterocycles. The first kappa shape index (κ1) is 28.8. The number of piperidine rings is 1. The van der Waals surface area contributed by atoms with Gasteiger partial charge >= 0.3 is 5.97 Å². The van der Waals surface area contributed by atoms with Gasteiger partial charge in [-0.25, -0.2) is 13.2 Å². The lowest BCUT2D eigenvalue weighted by Gasteiger charge is -2.35. The van der Waals surface area contributed by atoms with E-state index in [1.165, 1.54) is 12.1 Å². The van der Waals surface area contributed by atoms with E-state index in [-0.39, 0.29) is 28.5 Å². The second kappa shape index (κ2) is 12.5. The Bertz CT molecular complexity index is 987. The molecule has 3 N–H and O–H groups in total. The number of aliphatic carboxylic acids is 1. The first-order chi connectivity index (χ1) is 16.4. The smallest absolute Gasteiger partial charge is 0.326 e. The molecule has 1 aliphatic rings. The van der Waals surface area contributed by atoms with Crippen LogP contribution in [-0.2, 0) is 24.4 Å². The number of carboxylic acids is 1. The van der Waals surface area contributed by atoms with Crippen LogP contribution < -0.4 is 10.0 Å². The van der Waals surface area contributed by atoms with Crippen molar-refractivity contribution in [1.82, 2.24) is 14.9 Å². The predicted octanol–water partition coefficient (Wildman–Crippen LogP) is 2.54. The van der Waals surface area contributed by atoms with Gasteiger partial charge in [0.2, 0.25) is 21.8 Å². The Kier molecular flexibility index (Phi) is 10.3. The highest BCUT2D eigenvalue weighted by atomic mass is 32.2. The van der Waals surface area contributed by atoms with Crippen molar-refractivity contribution in [3.63, 3.8) is 0 Å². The van der Waals surface area contributed by atoms with E-state index >= 15 is 0 Å². The average Bonchev–Trinajstić information content (AvgIpc) is 2.84. The molecule has 10 heteroatoms. The van der Waals surface area contributed by atoms with E-state index in [0.717, 1.165) is 5.56 Å². The molecule has 0 aromatic heterocycles. The van der Waals surface area contributed by atoms with E-state index < -0.39 is 34.0 Å². The summed E-state index contributed by atoms with van der Waals surface area (Å²) in [5, 5.41) is 12.1. The first-order valence-corrected chi connectivity index (χ1v) is 13.8. The fourth-order valence-electron chi connectivity index (χ4n) is 4.11. The normalized spacial score (nSPS) is 18.4. The minimum atomic E-state index is -3.89. The van der Waals surface area contributed by atoms with E-state index in [9.17, 15) is 27.9 Å². The molecule has 196 valence electrons. The highest BCUT2D eigenvalue weighted by molar-refractivity contribution is 7.89. The van der Waals surface area contributed by atoms with Gasteiger partial charge in [0.25, 0.3) is 0 Å². The number of carboxylic acid groups (broad SMARTS) is 1. The number of likely N-dealkylation sites (tertiary alicyclic amines) is 1. The van der Waals surface area contributed by atoms with Crippen LogP contribution in [0, 0.1) is 24.7 Å². The van der Waals surface area contributed by atoms with Crippen LogP contribution in [-0.4, -0.2) is 61.4 Å². The number of nitrogens with zero attached hydrogens (tertiary/aromatic N) is 1. The quantitative estimate of drug-likeness (QED) is 0.420. The number of hydrogen-bond donors (Lipinski definition) is 3. The second-order valence-electron chi connectivity index (χ2n) is 9.61. The average molecular weight is 510 g/mol. The standard InChI is InChI=1S/C25H39N3O6S/c1-6-17(4)21(27-35(33,34)20-10-8-16(3)9-11-20)24(30)28-14-12-19(13-15-28)23(29)26-22(25(31)32)18(5)7-2/h8-11,17-19,21-22,27H,6-7,12-15H2,1-5H3,(H,26,29)(H,31,32)/t17-,18-,21+,22+/m1/s1.